The predicted octanol–water partition coefficient (Wildman–Crippen LogP) is 3.33. The van der Waals surface area contributed by atoms with E-state index in [0.717, 1.165) is 29.4 Å². The van der Waals surface area contributed by atoms with E-state index in [9.17, 15) is 0 Å². The van der Waals surface area contributed by atoms with Gasteiger partial charge in [-0.1, -0.05) is 29.8 Å². The Balaban J connectivity index is 1.71. The Kier molecular flexibility index (Phi) is 3.00. The molecule has 108 valence electrons. The van der Waals surface area contributed by atoms with Gasteiger partial charge in [0.2, 0.25) is 11.7 Å². The molecule has 4 rings (SSSR count). The zero-order valence-electron chi connectivity index (χ0n) is 11.7. The average molecular weight is 283 g/mol. The second-order valence-electron chi connectivity index (χ2n) is 5.63. The second-order valence-corrected chi connectivity index (χ2v) is 5.63. The maximum atomic E-state index is 5.83. The number of furan rings is 1. The Hall–Kier alpha value is -2.14. The highest BCUT2D eigenvalue weighted by atomic mass is 16.5. The van der Waals surface area contributed by atoms with Crippen LogP contribution in [0.4, 0.5) is 0 Å². The summed E-state index contributed by atoms with van der Waals surface area (Å²) in [6, 6.07) is 7.86. The van der Waals surface area contributed by atoms with Gasteiger partial charge in [-0.2, -0.15) is 4.98 Å². The molecule has 2 heterocycles. The van der Waals surface area contributed by atoms with Gasteiger partial charge in [-0.05, 0) is 31.4 Å². The lowest BCUT2D eigenvalue weighted by atomic mass is 9.96. The van der Waals surface area contributed by atoms with Crippen molar-refractivity contribution in [3.63, 3.8) is 0 Å². The number of hydrogen-bond acceptors (Lipinski definition) is 5. The number of aromatic nitrogens is 2. The maximum Gasteiger partial charge on any atom is 0.230 e. The van der Waals surface area contributed by atoms with E-state index in [1.165, 1.54) is 6.42 Å². The van der Waals surface area contributed by atoms with E-state index in [4.69, 9.17) is 14.7 Å². The van der Waals surface area contributed by atoms with Crippen LogP contribution in [0, 0.1) is 5.92 Å². The number of para-hydroxylation sites is 1. The maximum absolute atomic E-state index is 5.83. The standard InChI is InChI=1S/C16H17N3O2/c17-8-10-4-3-6-11(10)16-18-15(19-21-16)13-9-20-14-7-2-1-5-12(13)14/h1-2,5,7,9-11H,3-4,6,8,17H2. The first-order valence-electron chi connectivity index (χ1n) is 7.37. The molecule has 0 spiro atoms. The molecule has 0 amide bonds. The number of nitrogens with zero attached hydrogens (tertiary/aromatic N) is 2. The Morgan fingerprint density at radius 3 is 3.05 bits per heavy atom. The van der Waals surface area contributed by atoms with E-state index in [1.807, 2.05) is 24.3 Å². The molecular formula is C16H17N3O2. The highest BCUT2D eigenvalue weighted by molar-refractivity contribution is 5.91. The third-order valence-corrected chi connectivity index (χ3v) is 4.44. The van der Waals surface area contributed by atoms with E-state index in [0.29, 0.717) is 30.1 Å². The predicted molar refractivity (Wildman–Crippen MR) is 78.6 cm³/mol. The van der Waals surface area contributed by atoms with Crippen molar-refractivity contribution < 1.29 is 8.94 Å². The van der Waals surface area contributed by atoms with Crippen LogP contribution in [0.5, 0.6) is 0 Å². The molecule has 5 nitrogen and oxygen atoms in total. The van der Waals surface area contributed by atoms with E-state index in [-0.39, 0.29) is 0 Å². The van der Waals surface area contributed by atoms with Crippen molar-refractivity contribution in [1.82, 2.24) is 10.1 Å². The fraction of sp³-hybridized carbons (Fsp3) is 0.375. The molecule has 2 N–H and O–H groups in total. The monoisotopic (exact) mass is 283 g/mol. The number of hydrogen-bond donors (Lipinski definition) is 1. The van der Waals surface area contributed by atoms with Crippen LogP contribution in [-0.2, 0) is 0 Å². The van der Waals surface area contributed by atoms with E-state index < -0.39 is 0 Å². The normalized spacial score (nSPS) is 22.1. The van der Waals surface area contributed by atoms with Crippen LogP contribution >= 0.6 is 0 Å². The Morgan fingerprint density at radius 1 is 1.24 bits per heavy atom. The fourth-order valence-corrected chi connectivity index (χ4v) is 3.29. The first-order valence-corrected chi connectivity index (χ1v) is 7.37. The van der Waals surface area contributed by atoms with Gasteiger partial charge in [0.05, 0.1) is 5.56 Å². The van der Waals surface area contributed by atoms with Crippen molar-refractivity contribution in [2.45, 2.75) is 25.2 Å². The van der Waals surface area contributed by atoms with Gasteiger partial charge in [-0.3, -0.25) is 0 Å². The molecule has 1 aromatic carbocycles. The molecule has 0 radical (unpaired) electrons. The molecule has 0 saturated heterocycles. The van der Waals surface area contributed by atoms with Crippen molar-refractivity contribution >= 4 is 11.0 Å². The topological polar surface area (TPSA) is 78.1 Å². The molecule has 3 aromatic rings. The minimum atomic E-state index is 0.300. The molecule has 2 atom stereocenters. The SMILES string of the molecule is NCC1CCCC1c1nc(-c2coc3ccccc23)no1. The molecular weight excluding hydrogens is 266 g/mol. The van der Waals surface area contributed by atoms with Crippen molar-refractivity contribution in [2.24, 2.45) is 11.7 Å². The third kappa shape index (κ3) is 2.05. The van der Waals surface area contributed by atoms with Crippen molar-refractivity contribution in [1.29, 1.82) is 0 Å². The highest BCUT2D eigenvalue weighted by Gasteiger charge is 2.32. The van der Waals surface area contributed by atoms with Gasteiger partial charge in [0.15, 0.2) is 0 Å². The number of fused-ring (bicyclic) bond motifs is 1. The van der Waals surface area contributed by atoms with E-state index >= 15 is 0 Å². The van der Waals surface area contributed by atoms with Gasteiger partial charge in [-0.25, -0.2) is 0 Å². The van der Waals surface area contributed by atoms with Crippen molar-refractivity contribution in [2.75, 3.05) is 6.54 Å². The lowest BCUT2D eigenvalue weighted by Crippen LogP contribution is -2.17. The third-order valence-electron chi connectivity index (χ3n) is 4.44. The van der Waals surface area contributed by atoms with E-state index in [2.05, 4.69) is 10.1 Å². The lowest BCUT2D eigenvalue weighted by Gasteiger charge is -2.12. The molecule has 0 aliphatic heterocycles. The minimum absolute atomic E-state index is 0.300. The summed E-state index contributed by atoms with van der Waals surface area (Å²) in [6.45, 7) is 0.678. The molecule has 0 bridgehead atoms. The zero-order chi connectivity index (χ0) is 14.2. The Labute approximate surface area is 122 Å². The summed E-state index contributed by atoms with van der Waals surface area (Å²) in [4.78, 5) is 4.59. The van der Waals surface area contributed by atoms with Gasteiger partial charge < -0.3 is 14.7 Å². The Bertz CT molecular complexity index is 762. The van der Waals surface area contributed by atoms with Crippen LogP contribution in [0.2, 0.25) is 0 Å². The lowest BCUT2D eigenvalue weighted by molar-refractivity contribution is 0.326. The van der Waals surface area contributed by atoms with Gasteiger partial charge in [0.25, 0.3) is 0 Å². The number of rotatable bonds is 3. The van der Waals surface area contributed by atoms with Crippen LogP contribution in [-0.4, -0.2) is 16.7 Å². The molecule has 1 saturated carbocycles. The summed E-state index contributed by atoms with van der Waals surface area (Å²) in [6.07, 6.45) is 5.09. The van der Waals surface area contributed by atoms with Crippen LogP contribution in [0.15, 0.2) is 39.5 Å². The summed E-state index contributed by atoms with van der Waals surface area (Å²) in [5.74, 6) is 2.06. The van der Waals surface area contributed by atoms with Gasteiger partial charge in [0.1, 0.15) is 11.8 Å². The van der Waals surface area contributed by atoms with Crippen LogP contribution < -0.4 is 5.73 Å². The van der Waals surface area contributed by atoms with Crippen LogP contribution in [0.3, 0.4) is 0 Å². The molecule has 1 aliphatic carbocycles. The quantitative estimate of drug-likeness (QED) is 0.797. The molecule has 1 fully saturated rings. The fourth-order valence-electron chi connectivity index (χ4n) is 3.29. The smallest absolute Gasteiger partial charge is 0.230 e. The first-order chi connectivity index (χ1) is 10.4. The Morgan fingerprint density at radius 2 is 2.14 bits per heavy atom. The summed E-state index contributed by atoms with van der Waals surface area (Å²) in [5.41, 5.74) is 7.54. The second kappa shape index (κ2) is 5.00. The minimum Gasteiger partial charge on any atom is -0.464 e. The molecule has 1 aliphatic rings. The molecule has 2 unspecified atom stereocenters. The van der Waals surface area contributed by atoms with E-state index in [1.54, 1.807) is 6.26 Å². The van der Waals surface area contributed by atoms with Gasteiger partial charge in [-0.15, -0.1) is 0 Å². The molecule has 2 aromatic heterocycles. The van der Waals surface area contributed by atoms with Crippen LogP contribution in [0.25, 0.3) is 22.4 Å². The highest BCUT2D eigenvalue weighted by Crippen LogP contribution is 2.39. The average Bonchev–Trinajstić information content (AvgIpc) is 3.24. The van der Waals surface area contributed by atoms with Gasteiger partial charge in [0, 0.05) is 11.3 Å². The summed E-state index contributed by atoms with van der Waals surface area (Å²) < 4.78 is 11.0. The first kappa shape index (κ1) is 12.6. The molecule has 21 heavy (non-hydrogen) atoms. The number of nitrogens with two attached hydrogens (primary N) is 1. The van der Waals surface area contributed by atoms with Gasteiger partial charge >= 0.3 is 0 Å². The summed E-state index contributed by atoms with van der Waals surface area (Å²) in [7, 11) is 0. The van der Waals surface area contributed by atoms with Crippen molar-refractivity contribution in [3.8, 4) is 11.4 Å². The zero-order valence-corrected chi connectivity index (χ0v) is 11.7. The molecule has 5 heteroatoms. The largest absolute Gasteiger partial charge is 0.464 e. The summed E-state index contributed by atoms with van der Waals surface area (Å²) in [5, 5.41) is 5.14. The van der Waals surface area contributed by atoms with Crippen LogP contribution in [0.1, 0.15) is 31.1 Å². The summed E-state index contributed by atoms with van der Waals surface area (Å²) >= 11 is 0. The van der Waals surface area contributed by atoms with Crippen molar-refractivity contribution in [3.05, 3.63) is 36.4 Å². The number of benzene rings is 1.